The number of aryl methyl sites for hydroxylation is 1. The number of nitrogens with zero attached hydrogens (tertiary/aromatic N) is 1. The Labute approximate surface area is 109 Å². The number of H-pyrrole nitrogens is 1. The largest absolute Gasteiger partial charge is 0.477 e. The minimum atomic E-state index is -1.08. The maximum Gasteiger partial charge on any atom is 0.354 e. The third kappa shape index (κ3) is 2.79. The van der Waals surface area contributed by atoms with Crippen molar-refractivity contribution in [1.82, 2.24) is 9.88 Å². The van der Waals surface area contributed by atoms with Gasteiger partial charge >= 0.3 is 12.0 Å². The zero-order valence-electron chi connectivity index (χ0n) is 10.0. The van der Waals surface area contributed by atoms with Crippen LogP contribution in [0.2, 0.25) is 0 Å². The van der Waals surface area contributed by atoms with Crippen LogP contribution in [0, 0.1) is 6.92 Å². The molecule has 0 aliphatic carbocycles. The molecule has 98 valence electrons. The molecule has 1 saturated heterocycles. The first-order valence-corrected chi connectivity index (χ1v) is 6.80. The summed E-state index contributed by atoms with van der Waals surface area (Å²) in [5, 5.41) is 11.7. The highest BCUT2D eigenvalue weighted by Gasteiger charge is 2.20. The molecule has 0 unspecified atom stereocenters. The maximum atomic E-state index is 12.0. The number of aromatic nitrogens is 1. The number of aromatic carboxylic acids is 1. The SMILES string of the molecule is Cc1cc(NC(=O)N2CCSCC2)c(C(=O)O)[nH]1. The molecule has 0 atom stereocenters. The number of hydrogen-bond donors (Lipinski definition) is 3. The van der Waals surface area contributed by atoms with Gasteiger partial charge < -0.3 is 20.3 Å². The Balaban J connectivity index is 2.08. The highest BCUT2D eigenvalue weighted by Crippen LogP contribution is 2.18. The Kier molecular flexibility index (Phi) is 3.81. The van der Waals surface area contributed by atoms with E-state index in [4.69, 9.17) is 5.11 Å². The molecule has 2 amide bonds. The lowest BCUT2D eigenvalue weighted by Gasteiger charge is -2.26. The molecule has 1 aliphatic rings. The van der Waals surface area contributed by atoms with E-state index < -0.39 is 5.97 Å². The molecule has 7 heteroatoms. The number of carboxylic acids is 1. The van der Waals surface area contributed by atoms with E-state index in [1.165, 1.54) is 0 Å². The van der Waals surface area contributed by atoms with Gasteiger partial charge in [0.25, 0.3) is 0 Å². The van der Waals surface area contributed by atoms with E-state index in [0.717, 1.165) is 11.5 Å². The Morgan fingerprint density at radius 1 is 1.44 bits per heavy atom. The minimum absolute atomic E-state index is 0.0206. The van der Waals surface area contributed by atoms with Crippen LogP contribution in [0.15, 0.2) is 6.07 Å². The molecule has 18 heavy (non-hydrogen) atoms. The molecule has 1 aromatic heterocycles. The fourth-order valence-electron chi connectivity index (χ4n) is 1.82. The van der Waals surface area contributed by atoms with E-state index in [1.807, 2.05) is 11.8 Å². The summed E-state index contributed by atoms with van der Waals surface area (Å²) in [5.41, 5.74) is 1.05. The second-order valence-electron chi connectivity index (χ2n) is 4.08. The smallest absolute Gasteiger partial charge is 0.354 e. The molecule has 2 heterocycles. The number of carbonyl (C=O) groups excluding carboxylic acids is 1. The third-order valence-corrected chi connectivity index (χ3v) is 3.65. The summed E-state index contributed by atoms with van der Waals surface area (Å²) in [5.74, 6) is 0.768. The summed E-state index contributed by atoms with van der Waals surface area (Å²) in [6, 6.07) is 1.39. The zero-order valence-corrected chi connectivity index (χ0v) is 10.8. The summed E-state index contributed by atoms with van der Waals surface area (Å²) < 4.78 is 0. The molecule has 0 aromatic carbocycles. The Morgan fingerprint density at radius 2 is 2.11 bits per heavy atom. The van der Waals surface area contributed by atoms with Crippen molar-refractivity contribution in [2.24, 2.45) is 0 Å². The highest BCUT2D eigenvalue weighted by molar-refractivity contribution is 7.99. The summed E-state index contributed by atoms with van der Waals surface area (Å²) >= 11 is 1.81. The molecule has 0 bridgehead atoms. The van der Waals surface area contributed by atoms with Crippen LogP contribution in [0.1, 0.15) is 16.2 Å². The minimum Gasteiger partial charge on any atom is -0.477 e. The van der Waals surface area contributed by atoms with Crippen molar-refractivity contribution < 1.29 is 14.7 Å². The number of thioether (sulfide) groups is 1. The van der Waals surface area contributed by atoms with Gasteiger partial charge in [-0.15, -0.1) is 0 Å². The van der Waals surface area contributed by atoms with Gasteiger partial charge in [-0.1, -0.05) is 0 Å². The number of carbonyl (C=O) groups is 2. The number of aromatic amines is 1. The van der Waals surface area contributed by atoms with Gasteiger partial charge in [0.05, 0.1) is 5.69 Å². The van der Waals surface area contributed by atoms with Crippen LogP contribution in [0.25, 0.3) is 0 Å². The predicted molar refractivity (Wildman–Crippen MR) is 70.4 cm³/mol. The summed E-state index contributed by atoms with van der Waals surface area (Å²) in [4.78, 5) is 27.4. The molecule has 2 rings (SSSR count). The van der Waals surface area contributed by atoms with Crippen LogP contribution < -0.4 is 5.32 Å². The van der Waals surface area contributed by atoms with E-state index >= 15 is 0 Å². The fourth-order valence-corrected chi connectivity index (χ4v) is 2.72. The average molecular weight is 269 g/mol. The molecule has 1 aromatic rings. The first kappa shape index (κ1) is 12.8. The van der Waals surface area contributed by atoms with E-state index in [2.05, 4.69) is 10.3 Å². The number of urea groups is 1. The lowest BCUT2D eigenvalue weighted by Crippen LogP contribution is -2.40. The quantitative estimate of drug-likeness (QED) is 0.761. The van der Waals surface area contributed by atoms with Gasteiger partial charge in [0.1, 0.15) is 5.69 Å². The number of nitrogens with one attached hydrogen (secondary N) is 2. The predicted octanol–water partition coefficient (Wildman–Crippen LogP) is 1.60. The highest BCUT2D eigenvalue weighted by atomic mass is 32.2. The standard InChI is InChI=1S/C11H15N3O3S/c1-7-6-8(9(12-7)10(15)16)13-11(17)14-2-4-18-5-3-14/h6,12H,2-5H2,1H3,(H,13,17)(H,15,16). The summed E-state index contributed by atoms with van der Waals surface area (Å²) in [6.45, 7) is 3.14. The van der Waals surface area contributed by atoms with Gasteiger partial charge in [0.2, 0.25) is 0 Å². The van der Waals surface area contributed by atoms with Gasteiger partial charge in [0.15, 0.2) is 0 Å². The van der Waals surface area contributed by atoms with Crippen molar-refractivity contribution in [2.45, 2.75) is 6.92 Å². The monoisotopic (exact) mass is 269 g/mol. The van der Waals surface area contributed by atoms with Crippen molar-refractivity contribution in [3.63, 3.8) is 0 Å². The van der Waals surface area contributed by atoms with Crippen molar-refractivity contribution in [3.05, 3.63) is 17.5 Å². The molecular formula is C11H15N3O3S. The van der Waals surface area contributed by atoms with E-state index in [1.54, 1.807) is 17.9 Å². The van der Waals surface area contributed by atoms with E-state index in [-0.39, 0.29) is 11.7 Å². The van der Waals surface area contributed by atoms with Crippen molar-refractivity contribution in [2.75, 3.05) is 29.9 Å². The van der Waals surface area contributed by atoms with Crippen molar-refractivity contribution in [1.29, 1.82) is 0 Å². The normalized spacial score (nSPS) is 15.5. The van der Waals surface area contributed by atoms with E-state index in [0.29, 0.717) is 24.5 Å². The van der Waals surface area contributed by atoms with Gasteiger partial charge in [0, 0.05) is 30.3 Å². The first-order chi connectivity index (χ1) is 8.58. The maximum absolute atomic E-state index is 12.0. The van der Waals surface area contributed by atoms with E-state index in [9.17, 15) is 9.59 Å². The lowest BCUT2D eigenvalue weighted by atomic mass is 10.3. The van der Waals surface area contributed by atoms with Crippen LogP contribution >= 0.6 is 11.8 Å². The fraction of sp³-hybridized carbons (Fsp3) is 0.455. The first-order valence-electron chi connectivity index (χ1n) is 5.64. The number of hydrogen-bond acceptors (Lipinski definition) is 3. The number of anilines is 1. The second-order valence-corrected chi connectivity index (χ2v) is 5.30. The van der Waals surface area contributed by atoms with Crippen LogP contribution in [-0.2, 0) is 0 Å². The molecule has 6 nitrogen and oxygen atoms in total. The molecule has 3 N–H and O–H groups in total. The summed E-state index contributed by atoms with van der Waals surface area (Å²) in [6.07, 6.45) is 0. The molecule has 1 aliphatic heterocycles. The topological polar surface area (TPSA) is 85.4 Å². The second kappa shape index (κ2) is 5.34. The van der Waals surface area contributed by atoms with Crippen LogP contribution in [-0.4, -0.2) is 51.6 Å². The molecule has 0 spiro atoms. The molecule has 0 radical (unpaired) electrons. The van der Waals surface area contributed by atoms with Crippen LogP contribution in [0.4, 0.5) is 10.5 Å². The van der Waals surface area contributed by atoms with Gasteiger partial charge in [-0.2, -0.15) is 11.8 Å². The van der Waals surface area contributed by atoms with Gasteiger partial charge in [-0.3, -0.25) is 0 Å². The van der Waals surface area contributed by atoms with Gasteiger partial charge in [-0.05, 0) is 13.0 Å². The zero-order chi connectivity index (χ0) is 13.1. The Bertz CT molecular complexity index is 466. The van der Waals surface area contributed by atoms with Crippen LogP contribution in [0.3, 0.4) is 0 Å². The lowest BCUT2D eigenvalue weighted by molar-refractivity contribution is 0.0692. The molecule has 1 fully saturated rings. The Hall–Kier alpha value is -1.63. The molecule has 0 saturated carbocycles. The van der Waals surface area contributed by atoms with Gasteiger partial charge in [-0.25, -0.2) is 9.59 Å². The van der Waals surface area contributed by atoms with Crippen LogP contribution in [0.5, 0.6) is 0 Å². The third-order valence-electron chi connectivity index (χ3n) is 2.71. The molecular weight excluding hydrogens is 254 g/mol. The number of amides is 2. The number of carboxylic acid groups (broad SMARTS) is 1. The Morgan fingerprint density at radius 3 is 2.72 bits per heavy atom. The van der Waals surface area contributed by atoms with Crippen molar-refractivity contribution >= 4 is 29.4 Å². The average Bonchev–Trinajstić information content (AvgIpc) is 2.71. The summed E-state index contributed by atoms with van der Waals surface area (Å²) in [7, 11) is 0. The number of rotatable bonds is 2. The van der Waals surface area contributed by atoms with Crippen molar-refractivity contribution in [3.8, 4) is 0 Å².